The molecular weight excluding hydrogens is 613 g/mol. The van der Waals surface area contributed by atoms with Crippen LogP contribution in [0.1, 0.15) is 0 Å². The average Bonchev–Trinajstić information content (AvgIpc) is 3.82. The van der Waals surface area contributed by atoms with Gasteiger partial charge in [0.05, 0.1) is 26.8 Å². The van der Waals surface area contributed by atoms with Crippen LogP contribution in [0.15, 0.2) is 170 Å². The van der Waals surface area contributed by atoms with Gasteiger partial charge < -0.3 is 9.13 Å². The molecule has 0 atom stereocenters. The Kier molecular flexibility index (Phi) is 5.57. The summed E-state index contributed by atoms with van der Waals surface area (Å²) in [5.74, 6) is 0. The molecule has 0 saturated carbocycles. The van der Waals surface area contributed by atoms with E-state index in [1.807, 2.05) is 11.3 Å². The first-order chi connectivity index (χ1) is 24.3. The Morgan fingerprint density at radius 2 is 0.816 bits per heavy atom. The van der Waals surface area contributed by atoms with Crippen molar-refractivity contribution in [3.8, 4) is 22.5 Å². The molecule has 0 unspecified atom stereocenters. The maximum absolute atomic E-state index is 2.49. The van der Waals surface area contributed by atoms with E-state index in [4.69, 9.17) is 0 Å². The number of fused-ring (bicyclic) bond motifs is 13. The summed E-state index contributed by atoms with van der Waals surface area (Å²) in [6, 6.07) is 62.1. The maximum atomic E-state index is 2.49. The molecule has 3 aromatic heterocycles. The van der Waals surface area contributed by atoms with Crippen LogP contribution in [0.5, 0.6) is 0 Å². The molecule has 3 heterocycles. The van der Waals surface area contributed by atoms with Gasteiger partial charge in [-0.3, -0.25) is 0 Å². The van der Waals surface area contributed by atoms with Crippen LogP contribution in [0.3, 0.4) is 0 Å². The lowest BCUT2D eigenvalue weighted by Crippen LogP contribution is -1.94. The second-order valence-corrected chi connectivity index (χ2v) is 13.9. The number of hydrogen-bond acceptors (Lipinski definition) is 1. The standard InChI is InChI=1S/C46H28N2S/c1-3-13-31(14-4-1)47-40-22-12-11-19-35(40)38-27-29(23-25-41(38)47)30-24-26-42-39(28-30)46-44(48(42)32-15-5-2-6-16-32)43-36-20-9-7-17-33(36)34-18-8-10-21-37(34)45(43)49-46/h1-28H. The van der Waals surface area contributed by atoms with Crippen LogP contribution in [-0.2, 0) is 0 Å². The molecule has 11 aromatic rings. The molecular formula is C46H28N2S. The van der Waals surface area contributed by atoms with Gasteiger partial charge in [-0.25, -0.2) is 0 Å². The number of para-hydroxylation sites is 3. The molecule has 0 aliphatic carbocycles. The summed E-state index contributed by atoms with van der Waals surface area (Å²) in [5.41, 5.74) is 9.78. The topological polar surface area (TPSA) is 9.86 Å². The minimum atomic E-state index is 1.18. The van der Waals surface area contributed by atoms with Crippen molar-refractivity contribution in [1.82, 2.24) is 9.13 Å². The fraction of sp³-hybridized carbons (Fsp3) is 0. The molecule has 49 heavy (non-hydrogen) atoms. The van der Waals surface area contributed by atoms with Gasteiger partial charge >= 0.3 is 0 Å². The highest BCUT2D eigenvalue weighted by atomic mass is 32.1. The van der Waals surface area contributed by atoms with Gasteiger partial charge in [0.25, 0.3) is 0 Å². The van der Waals surface area contributed by atoms with Crippen LogP contribution in [0.25, 0.3) is 97.1 Å². The molecule has 0 spiro atoms. The van der Waals surface area contributed by atoms with Crippen molar-refractivity contribution in [1.29, 1.82) is 0 Å². The van der Waals surface area contributed by atoms with Crippen molar-refractivity contribution in [2.24, 2.45) is 0 Å². The second kappa shape index (κ2) is 10.2. The Bertz CT molecular complexity index is 3090. The SMILES string of the molecule is c1ccc(-n2c3ccccc3c3cc(-c4ccc5c(c4)c4sc6c7ccccc7c7ccccc7c6c4n5-c4ccccc4)ccc32)cc1. The smallest absolute Gasteiger partial charge is 0.0734 e. The van der Waals surface area contributed by atoms with E-state index in [0.29, 0.717) is 0 Å². The molecule has 0 aliphatic rings. The third-order valence-corrected chi connectivity index (χ3v) is 11.5. The highest BCUT2D eigenvalue weighted by Crippen LogP contribution is 2.49. The van der Waals surface area contributed by atoms with Gasteiger partial charge in [0.2, 0.25) is 0 Å². The Hall–Kier alpha value is -6.16. The molecule has 0 amide bonds. The fourth-order valence-electron chi connectivity index (χ4n) is 8.18. The molecule has 0 radical (unpaired) electrons. The molecule has 0 bridgehead atoms. The molecule has 0 aliphatic heterocycles. The zero-order chi connectivity index (χ0) is 32.1. The van der Waals surface area contributed by atoms with Crippen LogP contribution in [-0.4, -0.2) is 9.13 Å². The summed E-state index contributed by atoms with van der Waals surface area (Å²) in [4.78, 5) is 0. The van der Waals surface area contributed by atoms with E-state index < -0.39 is 0 Å². The summed E-state index contributed by atoms with van der Waals surface area (Å²) in [6.45, 7) is 0. The van der Waals surface area contributed by atoms with Gasteiger partial charge in [-0.15, -0.1) is 11.3 Å². The van der Waals surface area contributed by atoms with Crippen molar-refractivity contribution in [2.75, 3.05) is 0 Å². The van der Waals surface area contributed by atoms with Crippen LogP contribution in [0, 0.1) is 0 Å². The van der Waals surface area contributed by atoms with Gasteiger partial charge in [-0.1, -0.05) is 115 Å². The predicted molar refractivity (Wildman–Crippen MR) is 211 cm³/mol. The van der Waals surface area contributed by atoms with Crippen molar-refractivity contribution in [3.63, 3.8) is 0 Å². The van der Waals surface area contributed by atoms with Crippen molar-refractivity contribution < 1.29 is 0 Å². The summed E-state index contributed by atoms with van der Waals surface area (Å²) in [7, 11) is 0. The molecule has 228 valence electrons. The number of nitrogens with zero attached hydrogens (tertiary/aromatic N) is 2. The Morgan fingerprint density at radius 3 is 1.51 bits per heavy atom. The minimum absolute atomic E-state index is 1.18. The zero-order valence-corrected chi connectivity index (χ0v) is 27.3. The lowest BCUT2D eigenvalue weighted by Gasteiger charge is -2.11. The largest absolute Gasteiger partial charge is 0.309 e. The molecule has 3 heteroatoms. The second-order valence-electron chi connectivity index (χ2n) is 12.9. The van der Waals surface area contributed by atoms with Crippen LogP contribution in [0.2, 0.25) is 0 Å². The summed E-state index contributed by atoms with van der Waals surface area (Å²) < 4.78 is 7.56. The number of hydrogen-bond donors (Lipinski definition) is 0. The van der Waals surface area contributed by atoms with Gasteiger partial charge in [0.1, 0.15) is 0 Å². The van der Waals surface area contributed by atoms with Crippen molar-refractivity contribution in [3.05, 3.63) is 170 Å². The molecule has 0 fully saturated rings. The molecule has 11 rings (SSSR count). The first-order valence-electron chi connectivity index (χ1n) is 16.8. The first kappa shape index (κ1) is 26.9. The van der Waals surface area contributed by atoms with Crippen LogP contribution >= 0.6 is 11.3 Å². The number of rotatable bonds is 3. The lowest BCUT2D eigenvalue weighted by molar-refractivity contribution is 1.18. The molecule has 0 saturated heterocycles. The third-order valence-electron chi connectivity index (χ3n) is 10.3. The van der Waals surface area contributed by atoms with Crippen molar-refractivity contribution in [2.45, 2.75) is 0 Å². The van der Waals surface area contributed by atoms with Gasteiger partial charge in [-0.05, 0) is 81.9 Å². The van der Waals surface area contributed by atoms with E-state index in [1.165, 1.54) is 97.1 Å². The van der Waals surface area contributed by atoms with Gasteiger partial charge in [-0.2, -0.15) is 0 Å². The number of aromatic nitrogens is 2. The minimum Gasteiger partial charge on any atom is -0.309 e. The average molecular weight is 641 g/mol. The van der Waals surface area contributed by atoms with E-state index in [2.05, 4.69) is 179 Å². The van der Waals surface area contributed by atoms with E-state index >= 15 is 0 Å². The van der Waals surface area contributed by atoms with Crippen LogP contribution in [0.4, 0.5) is 0 Å². The highest BCUT2D eigenvalue weighted by Gasteiger charge is 2.22. The first-order valence-corrected chi connectivity index (χ1v) is 17.6. The van der Waals surface area contributed by atoms with E-state index in [-0.39, 0.29) is 0 Å². The van der Waals surface area contributed by atoms with Gasteiger partial charge in [0, 0.05) is 43.0 Å². The maximum Gasteiger partial charge on any atom is 0.0734 e. The number of benzene rings is 8. The predicted octanol–water partition coefficient (Wildman–Crippen LogP) is 13.1. The molecule has 0 N–H and O–H groups in total. The highest BCUT2D eigenvalue weighted by molar-refractivity contribution is 7.27. The van der Waals surface area contributed by atoms with E-state index in [1.54, 1.807) is 0 Å². The Balaban J connectivity index is 1.22. The Morgan fingerprint density at radius 1 is 0.327 bits per heavy atom. The molecule has 2 nitrogen and oxygen atoms in total. The summed E-state index contributed by atoms with van der Waals surface area (Å²) >= 11 is 1.94. The van der Waals surface area contributed by atoms with Gasteiger partial charge in [0.15, 0.2) is 0 Å². The van der Waals surface area contributed by atoms with Crippen molar-refractivity contribution >= 4 is 85.9 Å². The van der Waals surface area contributed by atoms with E-state index in [9.17, 15) is 0 Å². The normalized spacial score (nSPS) is 12.1. The lowest BCUT2D eigenvalue weighted by atomic mass is 9.98. The fourth-order valence-corrected chi connectivity index (χ4v) is 9.54. The Labute approximate surface area is 286 Å². The quantitative estimate of drug-likeness (QED) is 0.170. The van der Waals surface area contributed by atoms with E-state index in [0.717, 1.165) is 0 Å². The zero-order valence-electron chi connectivity index (χ0n) is 26.5. The van der Waals surface area contributed by atoms with Crippen LogP contribution < -0.4 is 0 Å². The summed E-state index contributed by atoms with van der Waals surface area (Å²) in [5, 5.41) is 10.4. The number of thiophene rings is 1. The monoisotopic (exact) mass is 640 g/mol. The third kappa shape index (κ3) is 3.76. The molecule has 8 aromatic carbocycles. The summed E-state index contributed by atoms with van der Waals surface area (Å²) in [6.07, 6.45) is 0.